The third kappa shape index (κ3) is 3.41. The summed E-state index contributed by atoms with van der Waals surface area (Å²) in [6.45, 7) is 5.22. The van der Waals surface area contributed by atoms with E-state index in [1.807, 2.05) is 12.3 Å². The van der Waals surface area contributed by atoms with E-state index in [-0.39, 0.29) is 0 Å². The van der Waals surface area contributed by atoms with Gasteiger partial charge in [-0.15, -0.1) is 0 Å². The van der Waals surface area contributed by atoms with E-state index in [1.54, 1.807) is 11.8 Å². The minimum absolute atomic E-state index is 0.731. The third-order valence-corrected chi connectivity index (χ3v) is 4.78. The van der Waals surface area contributed by atoms with Gasteiger partial charge in [0, 0.05) is 23.7 Å². The molecule has 0 atom stereocenters. The van der Waals surface area contributed by atoms with Crippen LogP contribution in [0.25, 0.3) is 0 Å². The molecular formula is C17H20N2S. The molecule has 104 valence electrons. The predicted molar refractivity (Wildman–Crippen MR) is 84.1 cm³/mol. The van der Waals surface area contributed by atoms with Gasteiger partial charge in [0.2, 0.25) is 0 Å². The monoisotopic (exact) mass is 284 g/mol. The van der Waals surface area contributed by atoms with Crippen LogP contribution in [0.3, 0.4) is 0 Å². The van der Waals surface area contributed by atoms with Crippen LogP contribution in [0.5, 0.6) is 0 Å². The van der Waals surface area contributed by atoms with Gasteiger partial charge >= 0.3 is 0 Å². The van der Waals surface area contributed by atoms with E-state index in [0.717, 1.165) is 17.6 Å². The first-order valence-electron chi connectivity index (χ1n) is 7.15. The molecule has 1 aliphatic rings. The lowest BCUT2D eigenvalue weighted by Gasteiger charge is -2.10. The van der Waals surface area contributed by atoms with E-state index in [2.05, 4.69) is 48.4 Å². The van der Waals surface area contributed by atoms with Crippen LogP contribution in [0.4, 0.5) is 0 Å². The van der Waals surface area contributed by atoms with Crippen molar-refractivity contribution in [3.63, 3.8) is 0 Å². The van der Waals surface area contributed by atoms with Gasteiger partial charge < -0.3 is 5.32 Å². The number of pyridine rings is 1. The minimum atomic E-state index is 0.731. The molecule has 2 aromatic rings. The lowest BCUT2D eigenvalue weighted by Crippen LogP contribution is -2.16. The van der Waals surface area contributed by atoms with Crippen molar-refractivity contribution in [2.24, 2.45) is 0 Å². The summed E-state index contributed by atoms with van der Waals surface area (Å²) < 4.78 is 0. The summed E-state index contributed by atoms with van der Waals surface area (Å²) in [5.41, 5.74) is 3.93. The zero-order chi connectivity index (χ0) is 13.9. The SMILES string of the molecule is Cc1ccc(Sc2ncccc2CNC2CC2)c(C)c1. The standard InChI is InChI=1S/C17H20N2S/c1-12-5-8-16(13(2)10-12)20-17-14(4-3-9-18-17)11-19-15-6-7-15/h3-5,8-10,15,19H,6-7,11H2,1-2H3. The van der Waals surface area contributed by atoms with E-state index in [0.29, 0.717) is 0 Å². The summed E-state index contributed by atoms with van der Waals surface area (Å²) in [5, 5.41) is 4.69. The molecule has 0 unspecified atom stereocenters. The summed E-state index contributed by atoms with van der Waals surface area (Å²) in [6.07, 6.45) is 4.52. The van der Waals surface area contributed by atoms with Gasteiger partial charge in [0.05, 0.1) is 0 Å². The average molecular weight is 284 g/mol. The number of aromatic nitrogens is 1. The van der Waals surface area contributed by atoms with Crippen LogP contribution in [0.15, 0.2) is 46.5 Å². The van der Waals surface area contributed by atoms with Gasteiger partial charge in [0.1, 0.15) is 5.03 Å². The molecule has 1 N–H and O–H groups in total. The highest BCUT2D eigenvalue weighted by Gasteiger charge is 2.20. The summed E-state index contributed by atoms with van der Waals surface area (Å²) in [4.78, 5) is 5.85. The zero-order valence-electron chi connectivity index (χ0n) is 12.0. The van der Waals surface area contributed by atoms with E-state index < -0.39 is 0 Å². The zero-order valence-corrected chi connectivity index (χ0v) is 12.8. The second kappa shape index (κ2) is 5.98. The molecule has 1 aromatic carbocycles. The lowest BCUT2D eigenvalue weighted by atomic mass is 10.2. The molecule has 0 amide bonds. The van der Waals surface area contributed by atoms with Crippen LogP contribution in [-0.4, -0.2) is 11.0 Å². The van der Waals surface area contributed by atoms with Crippen molar-refractivity contribution in [2.45, 2.75) is 49.2 Å². The molecule has 0 aliphatic heterocycles. The molecule has 1 aromatic heterocycles. The molecule has 0 spiro atoms. The van der Waals surface area contributed by atoms with Gasteiger partial charge in [0.15, 0.2) is 0 Å². The number of benzene rings is 1. The largest absolute Gasteiger partial charge is 0.310 e. The van der Waals surface area contributed by atoms with Gasteiger partial charge in [-0.25, -0.2) is 4.98 Å². The fraction of sp³-hybridized carbons (Fsp3) is 0.353. The third-order valence-electron chi connectivity index (χ3n) is 3.55. The summed E-state index contributed by atoms with van der Waals surface area (Å²) in [7, 11) is 0. The number of hydrogen-bond donors (Lipinski definition) is 1. The Hall–Kier alpha value is -1.32. The molecule has 1 heterocycles. The molecular weight excluding hydrogens is 264 g/mol. The van der Waals surface area contributed by atoms with Crippen molar-refractivity contribution in [1.29, 1.82) is 0 Å². The molecule has 20 heavy (non-hydrogen) atoms. The fourth-order valence-corrected chi connectivity index (χ4v) is 3.16. The van der Waals surface area contributed by atoms with Gasteiger partial charge in [-0.2, -0.15) is 0 Å². The molecule has 2 nitrogen and oxygen atoms in total. The summed E-state index contributed by atoms with van der Waals surface area (Å²) in [6, 6.07) is 11.5. The van der Waals surface area contributed by atoms with E-state index in [1.165, 1.54) is 34.4 Å². The van der Waals surface area contributed by atoms with Gasteiger partial charge in [0.25, 0.3) is 0 Å². The van der Waals surface area contributed by atoms with E-state index in [9.17, 15) is 0 Å². The Kier molecular flexibility index (Phi) is 4.08. The molecule has 1 aliphatic carbocycles. The summed E-state index contributed by atoms with van der Waals surface area (Å²) >= 11 is 1.77. The van der Waals surface area contributed by atoms with Crippen LogP contribution < -0.4 is 5.32 Å². The smallest absolute Gasteiger partial charge is 0.105 e. The van der Waals surface area contributed by atoms with Crippen LogP contribution in [-0.2, 0) is 6.54 Å². The highest BCUT2D eigenvalue weighted by atomic mass is 32.2. The molecule has 0 radical (unpaired) electrons. The van der Waals surface area contributed by atoms with Crippen molar-refractivity contribution in [1.82, 2.24) is 10.3 Å². The van der Waals surface area contributed by atoms with Gasteiger partial charge in [-0.1, -0.05) is 35.5 Å². The Labute approximate surface area is 125 Å². The first kappa shape index (κ1) is 13.7. The minimum Gasteiger partial charge on any atom is -0.310 e. The maximum Gasteiger partial charge on any atom is 0.105 e. The number of rotatable bonds is 5. The van der Waals surface area contributed by atoms with Crippen LogP contribution in [0, 0.1) is 13.8 Å². The topological polar surface area (TPSA) is 24.9 Å². The second-order valence-electron chi connectivity index (χ2n) is 5.49. The van der Waals surface area contributed by atoms with Crippen molar-refractivity contribution in [3.8, 4) is 0 Å². The van der Waals surface area contributed by atoms with Crippen molar-refractivity contribution in [3.05, 3.63) is 53.2 Å². The molecule has 1 fully saturated rings. The van der Waals surface area contributed by atoms with E-state index in [4.69, 9.17) is 0 Å². The lowest BCUT2D eigenvalue weighted by molar-refractivity contribution is 0.675. The molecule has 3 heteroatoms. The molecule has 0 bridgehead atoms. The molecule has 3 rings (SSSR count). The normalized spacial score (nSPS) is 14.5. The summed E-state index contributed by atoms with van der Waals surface area (Å²) in [5.74, 6) is 0. The second-order valence-corrected chi connectivity index (χ2v) is 6.52. The van der Waals surface area contributed by atoms with Gasteiger partial charge in [-0.3, -0.25) is 0 Å². The van der Waals surface area contributed by atoms with E-state index >= 15 is 0 Å². The highest BCUT2D eigenvalue weighted by Crippen LogP contribution is 2.31. The number of nitrogens with one attached hydrogen (secondary N) is 1. The maximum absolute atomic E-state index is 4.56. The average Bonchev–Trinajstić information content (AvgIpc) is 3.25. The Balaban J connectivity index is 1.78. The van der Waals surface area contributed by atoms with Crippen LogP contribution >= 0.6 is 11.8 Å². The van der Waals surface area contributed by atoms with Crippen molar-refractivity contribution >= 4 is 11.8 Å². The Morgan fingerprint density at radius 2 is 2.10 bits per heavy atom. The quantitative estimate of drug-likeness (QED) is 0.894. The number of nitrogens with zero attached hydrogens (tertiary/aromatic N) is 1. The van der Waals surface area contributed by atoms with Crippen molar-refractivity contribution in [2.75, 3.05) is 0 Å². The highest BCUT2D eigenvalue weighted by molar-refractivity contribution is 7.99. The van der Waals surface area contributed by atoms with Crippen LogP contribution in [0.1, 0.15) is 29.5 Å². The number of aryl methyl sites for hydroxylation is 2. The Morgan fingerprint density at radius 1 is 1.25 bits per heavy atom. The Morgan fingerprint density at radius 3 is 2.85 bits per heavy atom. The maximum atomic E-state index is 4.56. The Bertz CT molecular complexity index is 606. The van der Waals surface area contributed by atoms with Crippen LogP contribution in [0.2, 0.25) is 0 Å². The predicted octanol–water partition coefficient (Wildman–Crippen LogP) is 4.10. The molecule has 1 saturated carbocycles. The molecule has 0 saturated heterocycles. The fourth-order valence-electron chi connectivity index (χ4n) is 2.21. The van der Waals surface area contributed by atoms with Gasteiger partial charge in [-0.05, 0) is 49.9 Å². The number of hydrogen-bond acceptors (Lipinski definition) is 3. The first-order valence-corrected chi connectivity index (χ1v) is 7.96. The first-order chi connectivity index (χ1) is 9.72. The van der Waals surface area contributed by atoms with Crippen molar-refractivity contribution < 1.29 is 0 Å².